The summed E-state index contributed by atoms with van der Waals surface area (Å²) in [4.78, 5) is 1.89. The summed E-state index contributed by atoms with van der Waals surface area (Å²) in [6.45, 7) is 5.47. The molecular formula is C20H24F2N2. The van der Waals surface area contributed by atoms with Gasteiger partial charge in [-0.1, -0.05) is 24.3 Å². The van der Waals surface area contributed by atoms with E-state index in [4.69, 9.17) is 5.73 Å². The third kappa shape index (κ3) is 3.59. The van der Waals surface area contributed by atoms with Crippen LogP contribution in [0.5, 0.6) is 0 Å². The molecule has 3 rings (SSSR count). The van der Waals surface area contributed by atoms with Gasteiger partial charge in [-0.15, -0.1) is 0 Å². The largest absolute Gasteiger partial charge is 0.367 e. The van der Waals surface area contributed by atoms with Crippen LogP contribution in [0.1, 0.15) is 23.1 Å². The van der Waals surface area contributed by atoms with Gasteiger partial charge in [-0.2, -0.15) is 0 Å². The molecule has 0 radical (unpaired) electrons. The minimum absolute atomic E-state index is 0.0297. The fourth-order valence-electron chi connectivity index (χ4n) is 3.59. The summed E-state index contributed by atoms with van der Waals surface area (Å²) < 4.78 is 27.6. The van der Waals surface area contributed by atoms with Crippen LogP contribution in [0.2, 0.25) is 0 Å². The Balaban J connectivity index is 1.78. The molecule has 0 amide bonds. The molecule has 2 aromatic carbocycles. The van der Waals surface area contributed by atoms with E-state index in [1.807, 2.05) is 4.90 Å². The Morgan fingerprint density at radius 3 is 2.62 bits per heavy atom. The molecule has 2 aromatic rings. The SMILES string of the molecule is Cc1ccc(CC2CC(N)CN(c3cccc(F)c3F)C2)cc1C. The molecule has 0 aliphatic carbocycles. The molecule has 1 heterocycles. The average Bonchev–Trinajstić information content (AvgIpc) is 2.53. The summed E-state index contributed by atoms with van der Waals surface area (Å²) in [5.74, 6) is -1.26. The van der Waals surface area contributed by atoms with E-state index in [0.29, 0.717) is 24.7 Å². The smallest absolute Gasteiger partial charge is 0.182 e. The van der Waals surface area contributed by atoms with Crippen LogP contribution in [0.25, 0.3) is 0 Å². The van der Waals surface area contributed by atoms with Crippen LogP contribution in [0, 0.1) is 31.4 Å². The summed E-state index contributed by atoms with van der Waals surface area (Å²) in [5, 5.41) is 0. The van der Waals surface area contributed by atoms with E-state index in [9.17, 15) is 8.78 Å². The van der Waals surface area contributed by atoms with Gasteiger partial charge in [0.15, 0.2) is 11.6 Å². The highest BCUT2D eigenvalue weighted by atomic mass is 19.2. The van der Waals surface area contributed by atoms with Gasteiger partial charge >= 0.3 is 0 Å². The Kier molecular flexibility index (Phi) is 4.86. The van der Waals surface area contributed by atoms with E-state index in [1.54, 1.807) is 12.1 Å². The van der Waals surface area contributed by atoms with E-state index in [0.717, 1.165) is 18.9 Å². The predicted octanol–water partition coefficient (Wildman–Crippen LogP) is 3.98. The molecule has 2 N–H and O–H groups in total. The van der Waals surface area contributed by atoms with Gasteiger partial charge in [0.2, 0.25) is 0 Å². The summed E-state index contributed by atoms with van der Waals surface area (Å²) in [5.41, 5.74) is 10.3. The zero-order valence-corrected chi connectivity index (χ0v) is 14.2. The van der Waals surface area contributed by atoms with Gasteiger partial charge in [-0.3, -0.25) is 0 Å². The normalized spacial score (nSPS) is 21.1. The maximum Gasteiger partial charge on any atom is 0.182 e. The summed E-state index contributed by atoms with van der Waals surface area (Å²) >= 11 is 0. The number of aryl methyl sites for hydroxylation is 2. The van der Waals surface area contributed by atoms with Gasteiger partial charge in [0.1, 0.15) is 0 Å². The molecule has 0 bridgehead atoms. The number of anilines is 1. The molecule has 128 valence electrons. The van der Waals surface area contributed by atoms with Crippen LogP contribution in [-0.2, 0) is 6.42 Å². The van der Waals surface area contributed by atoms with Crippen molar-refractivity contribution < 1.29 is 8.78 Å². The maximum absolute atomic E-state index is 14.1. The van der Waals surface area contributed by atoms with Crippen molar-refractivity contribution in [1.82, 2.24) is 0 Å². The molecule has 0 aromatic heterocycles. The first-order chi connectivity index (χ1) is 11.4. The van der Waals surface area contributed by atoms with Crippen molar-refractivity contribution in [2.75, 3.05) is 18.0 Å². The second-order valence-electron chi connectivity index (χ2n) is 6.96. The van der Waals surface area contributed by atoms with Gasteiger partial charge in [0.25, 0.3) is 0 Å². The van der Waals surface area contributed by atoms with Crippen molar-refractivity contribution in [2.24, 2.45) is 11.7 Å². The van der Waals surface area contributed by atoms with Crippen molar-refractivity contribution in [2.45, 2.75) is 32.7 Å². The van der Waals surface area contributed by atoms with Crippen LogP contribution in [-0.4, -0.2) is 19.1 Å². The number of rotatable bonds is 3. The fourth-order valence-corrected chi connectivity index (χ4v) is 3.59. The molecule has 24 heavy (non-hydrogen) atoms. The van der Waals surface area contributed by atoms with Gasteiger partial charge in [-0.25, -0.2) is 8.78 Å². The third-order valence-corrected chi connectivity index (χ3v) is 4.94. The second kappa shape index (κ2) is 6.89. The topological polar surface area (TPSA) is 29.3 Å². The number of hydrogen-bond donors (Lipinski definition) is 1. The predicted molar refractivity (Wildman–Crippen MR) is 94.3 cm³/mol. The second-order valence-corrected chi connectivity index (χ2v) is 6.96. The van der Waals surface area contributed by atoms with Gasteiger partial charge in [0, 0.05) is 19.1 Å². The van der Waals surface area contributed by atoms with Crippen LogP contribution in [0.15, 0.2) is 36.4 Å². The lowest BCUT2D eigenvalue weighted by molar-refractivity contribution is 0.370. The van der Waals surface area contributed by atoms with E-state index < -0.39 is 11.6 Å². The lowest BCUT2D eigenvalue weighted by Crippen LogP contribution is -2.48. The van der Waals surface area contributed by atoms with E-state index in [-0.39, 0.29) is 6.04 Å². The monoisotopic (exact) mass is 330 g/mol. The minimum atomic E-state index is -0.808. The van der Waals surface area contributed by atoms with Gasteiger partial charge in [-0.05, 0) is 61.4 Å². The highest BCUT2D eigenvalue weighted by Crippen LogP contribution is 2.28. The van der Waals surface area contributed by atoms with Gasteiger partial charge in [0.05, 0.1) is 5.69 Å². The Bertz CT molecular complexity index is 730. The quantitative estimate of drug-likeness (QED) is 0.922. The van der Waals surface area contributed by atoms with Crippen LogP contribution in [0.3, 0.4) is 0 Å². The number of nitrogens with zero attached hydrogens (tertiary/aromatic N) is 1. The molecule has 2 atom stereocenters. The number of hydrogen-bond acceptors (Lipinski definition) is 2. The summed E-state index contributed by atoms with van der Waals surface area (Å²) in [6, 6.07) is 10.8. The summed E-state index contributed by atoms with van der Waals surface area (Å²) in [7, 11) is 0. The van der Waals surface area contributed by atoms with Crippen molar-refractivity contribution in [3.8, 4) is 0 Å². The van der Waals surface area contributed by atoms with E-state index in [2.05, 4.69) is 32.0 Å². The van der Waals surface area contributed by atoms with Crippen LogP contribution >= 0.6 is 0 Å². The molecule has 1 saturated heterocycles. The first-order valence-corrected chi connectivity index (χ1v) is 8.44. The molecule has 0 saturated carbocycles. The molecule has 4 heteroatoms. The first-order valence-electron chi connectivity index (χ1n) is 8.44. The van der Waals surface area contributed by atoms with E-state index >= 15 is 0 Å². The molecule has 1 aliphatic rings. The summed E-state index contributed by atoms with van der Waals surface area (Å²) in [6.07, 6.45) is 1.81. The molecule has 2 nitrogen and oxygen atoms in total. The lowest BCUT2D eigenvalue weighted by Gasteiger charge is -2.38. The molecule has 1 aliphatic heterocycles. The van der Waals surface area contributed by atoms with Gasteiger partial charge < -0.3 is 10.6 Å². The Morgan fingerprint density at radius 1 is 1.08 bits per heavy atom. The fraction of sp³-hybridized carbons (Fsp3) is 0.400. The van der Waals surface area contributed by atoms with Crippen LogP contribution < -0.4 is 10.6 Å². The molecule has 2 unspecified atom stereocenters. The molecule has 1 fully saturated rings. The van der Waals surface area contributed by atoms with E-state index in [1.165, 1.54) is 16.7 Å². The van der Waals surface area contributed by atoms with Crippen molar-refractivity contribution in [3.63, 3.8) is 0 Å². The Hall–Kier alpha value is -1.94. The molecular weight excluding hydrogens is 306 g/mol. The lowest BCUT2D eigenvalue weighted by atomic mass is 9.88. The molecule has 0 spiro atoms. The Morgan fingerprint density at radius 2 is 1.88 bits per heavy atom. The number of nitrogens with two attached hydrogens (primary N) is 1. The zero-order valence-electron chi connectivity index (χ0n) is 14.2. The standard InChI is InChI=1S/C20H24F2N2/c1-13-6-7-15(8-14(13)2)9-16-10-17(23)12-24(11-16)19-5-3-4-18(21)20(19)22/h3-8,16-17H,9-12,23H2,1-2H3. The minimum Gasteiger partial charge on any atom is -0.367 e. The first kappa shape index (κ1) is 16.9. The van der Waals surface area contributed by atoms with Crippen molar-refractivity contribution >= 4 is 5.69 Å². The highest BCUT2D eigenvalue weighted by Gasteiger charge is 2.27. The van der Waals surface area contributed by atoms with Crippen molar-refractivity contribution in [3.05, 3.63) is 64.7 Å². The van der Waals surface area contributed by atoms with Crippen LogP contribution in [0.4, 0.5) is 14.5 Å². The number of benzene rings is 2. The van der Waals surface area contributed by atoms with Crippen molar-refractivity contribution in [1.29, 1.82) is 0 Å². The Labute approximate surface area is 142 Å². The number of piperidine rings is 1. The average molecular weight is 330 g/mol. The number of halogens is 2. The maximum atomic E-state index is 14.1. The highest BCUT2D eigenvalue weighted by molar-refractivity contribution is 5.49. The third-order valence-electron chi connectivity index (χ3n) is 4.94. The zero-order chi connectivity index (χ0) is 17.3.